The third-order valence-electron chi connectivity index (χ3n) is 8.37. The molecule has 0 radical (unpaired) electrons. The van der Waals surface area contributed by atoms with E-state index >= 15 is 0 Å². The van der Waals surface area contributed by atoms with Crippen molar-refractivity contribution in [3.05, 3.63) is 59.7 Å². The van der Waals surface area contributed by atoms with Crippen LogP contribution in [-0.2, 0) is 40.2 Å². The van der Waals surface area contributed by atoms with Gasteiger partial charge in [-0.2, -0.15) is 31.4 Å². The van der Waals surface area contributed by atoms with E-state index in [-0.39, 0.29) is 42.1 Å². The molecule has 1 aromatic carbocycles. The van der Waals surface area contributed by atoms with Crippen LogP contribution in [0.3, 0.4) is 0 Å². The van der Waals surface area contributed by atoms with Gasteiger partial charge in [-0.15, -0.1) is 0 Å². The summed E-state index contributed by atoms with van der Waals surface area (Å²) in [7, 11) is 3.01. The van der Waals surface area contributed by atoms with Gasteiger partial charge in [0, 0.05) is 55.9 Å². The molecule has 46 heavy (non-hydrogen) atoms. The monoisotopic (exact) mass is 654 g/mol. The summed E-state index contributed by atoms with van der Waals surface area (Å²) >= 11 is 0. The lowest BCUT2D eigenvalue weighted by molar-refractivity contribution is -0.153. The van der Waals surface area contributed by atoms with Crippen molar-refractivity contribution in [1.82, 2.24) is 24.6 Å². The van der Waals surface area contributed by atoms with E-state index in [1.807, 2.05) is 6.92 Å². The van der Waals surface area contributed by atoms with E-state index in [4.69, 9.17) is 9.47 Å². The van der Waals surface area contributed by atoms with Crippen LogP contribution in [0.15, 0.2) is 43.0 Å². The SMILES string of the molecule is CC[C@@H]1C[C@H](N(Cc2cc(C(F)(F)F)cc(C(F)(F)F)c2)c2ncc(-c3cnn(C)c3)cn2)CN1C(=O)OC1CC(C(=O)OC)C1. The summed E-state index contributed by atoms with van der Waals surface area (Å²) < 4.78 is 94.0. The number of alkyl halides is 6. The molecule has 3 heterocycles. The zero-order chi connectivity index (χ0) is 33.4. The number of hydrogen-bond donors (Lipinski definition) is 0. The minimum absolute atomic E-state index is 0.0588. The van der Waals surface area contributed by atoms with E-state index in [1.165, 1.54) is 29.3 Å². The van der Waals surface area contributed by atoms with Gasteiger partial charge in [0.1, 0.15) is 6.10 Å². The summed E-state index contributed by atoms with van der Waals surface area (Å²) in [6, 6.07) is 0.532. The predicted octanol–water partition coefficient (Wildman–Crippen LogP) is 5.86. The number of aromatic nitrogens is 4. The second kappa shape index (κ2) is 12.8. The lowest BCUT2D eigenvalue weighted by Crippen LogP contribution is -2.44. The fourth-order valence-corrected chi connectivity index (χ4v) is 5.82. The highest BCUT2D eigenvalue weighted by Gasteiger charge is 2.43. The molecule has 3 aromatic rings. The highest BCUT2D eigenvalue weighted by atomic mass is 19.4. The topological polar surface area (TPSA) is 103 Å². The number of rotatable bonds is 8. The van der Waals surface area contributed by atoms with Crippen LogP contribution in [-0.4, -0.2) is 68.6 Å². The van der Waals surface area contributed by atoms with Crippen molar-refractivity contribution in [3.63, 3.8) is 0 Å². The number of carbonyl (C=O) groups is 2. The van der Waals surface area contributed by atoms with Crippen molar-refractivity contribution in [1.29, 1.82) is 0 Å². The van der Waals surface area contributed by atoms with Gasteiger partial charge in [0.15, 0.2) is 0 Å². The molecule has 2 fully saturated rings. The van der Waals surface area contributed by atoms with Crippen molar-refractivity contribution >= 4 is 18.0 Å². The first kappa shape index (κ1) is 33.0. The molecule has 0 unspecified atom stereocenters. The fraction of sp³-hybridized carbons (Fsp3) is 0.500. The zero-order valence-corrected chi connectivity index (χ0v) is 25.2. The average Bonchev–Trinajstić information content (AvgIpc) is 3.62. The highest BCUT2D eigenvalue weighted by molar-refractivity contribution is 5.74. The first-order valence-electron chi connectivity index (χ1n) is 14.6. The fourth-order valence-electron chi connectivity index (χ4n) is 5.82. The van der Waals surface area contributed by atoms with Gasteiger partial charge in [-0.25, -0.2) is 14.8 Å². The Morgan fingerprint density at radius 3 is 2.11 bits per heavy atom. The number of carbonyl (C=O) groups excluding carboxylic acids is 2. The standard InChI is InChI=1S/C30H32F6N6O4/c1-4-23-10-24(16-42(23)28(44)46-25-7-18(8-25)26(43)45-3)41(27-37-11-19(12-38-27)20-13-39-40(2)15-20)14-17-5-21(29(31,32)33)9-22(6-17)30(34,35)36/h5-6,9,11-13,15,18,23-25H,4,7-8,10,14,16H2,1-3H3/t18?,23-,24+,25?/m1/s1. The molecule has 0 N–H and O–H groups in total. The summed E-state index contributed by atoms with van der Waals surface area (Å²) in [6.45, 7) is 1.52. The number of halogens is 6. The van der Waals surface area contributed by atoms with E-state index in [0.29, 0.717) is 48.9 Å². The van der Waals surface area contributed by atoms with Gasteiger partial charge in [0.2, 0.25) is 5.95 Å². The Kier molecular flexibility index (Phi) is 9.18. The molecule has 2 aliphatic rings. The molecule has 1 aliphatic heterocycles. The molecule has 10 nitrogen and oxygen atoms in total. The summed E-state index contributed by atoms with van der Waals surface area (Å²) in [5.74, 6) is -0.672. The molecule has 0 bridgehead atoms. The second-order valence-corrected chi connectivity index (χ2v) is 11.5. The van der Waals surface area contributed by atoms with Gasteiger partial charge in [-0.3, -0.25) is 9.48 Å². The number of ether oxygens (including phenoxy) is 2. The number of benzene rings is 1. The molecular weight excluding hydrogens is 622 g/mol. The Morgan fingerprint density at radius 2 is 1.59 bits per heavy atom. The van der Waals surface area contributed by atoms with Gasteiger partial charge in [-0.1, -0.05) is 6.92 Å². The van der Waals surface area contributed by atoms with E-state index in [1.54, 1.807) is 24.1 Å². The number of methoxy groups -OCH3 is 1. The maximum Gasteiger partial charge on any atom is 0.416 e. The van der Waals surface area contributed by atoms with E-state index in [9.17, 15) is 35.9 Å². The van der Waals surface area contributed by atoms with Crippen LogP contribution in [0.2, 0.25) is 0 Å². The van der Waals surface area contributed by atoms with Crippen molar-refractivity contribution in [2.24, 2.45) is 13.0 Å². The van der Waals surface area contributed by atoms with E-state index in [0.717, 1.165) is 0 Å². The predicted molar refractivity (Wildman–Crippen MR) is 151 cm³/mol. The molecule has 248 valence electrons. The smallest absolute Gasteiger partial charge is 0.416 e. The third kappa shape index (κ3) is 7.20. The number of aryl methyl sites for hydroxylation is 1. The van der Waals surface area contributed by atoms with Crippen LogP contribution in [0.5, 0.6) is 0 Å². The summed E-state index contributed by atoms with van der Waals surface area (Å²) in [4.78, 5) is 36.8. The number of nitrogens with zero attached hydrogens (tertiary/aromatic N) is 6. The largest absolute Gasteiger partial charge is 0.469 e. The molecule has 0 spiro atoms. The summed E-state index contributed by atoms with van der Waals surface area (Å²) in [5.41, 5.74) is -1.80. The van der Waals surface area contributed by atoms with Crippen LogP contribution >= 0.6 is 0 Å². The van der Waals surface area contributed by atoms with Crippen molar-refractivity contribution in [2.45, 2.75) is 69.7 Å². The first-order valence-corrected chi connectivity index (χ1v) is 14.6. The molecule has 5 rings (SSSR count). The number of anilines is 1. The van der Waals surface area contributed by atoms with Crippen LogP contribution in [0.1, 0.15) is 49.3 Å². The van der Waals surface area contributed by atoms with E-state index in [2.05, 4.69) is 15.1 Å². The average molecular weight is 655 g/mol. The summed E-state index contributed by atoms with van der Waals surface area (Å²) in [6.07, 6.45) is -3.31. The molecule has 1 saturated heterocycles. The maximum absolute atomic E-state index is 13.7. The van der Waals surface area contributed by atoms with Gasteiger partial charge >= 0.3 is 24.4 Å². The van der Waals surface area contributed by atoms with Crippen LogP contribution in [0.4, 0.5) is 37.1 Å². The first-order chi connectivity index (χ1) is 21.7. The Bertz CT molecular complexity index is 1520. The van der Waals surface area contributed by atoms with Crippen LogP contribution in [0.25, 0.3) is 11.1 Å². The molecule has 16 heteroatoms. The van der Waals surface area contributed by atoms with Crippen LogP contribution in [0, 0.1) is 5.92 Å². The normalized spacial score (nSPS) is 21.5. The maximum atomic E-state index is 13.7. The molecule has 2 atom stereocenters. The van der Waals surface area contributed by atoms with Gasteiger partial charge < -0.3 is 19.3 Å². The van der Waals surface area contributed by atoms with Crippen LogP contribution < -0.4 is 4.90 Å². The Labute approximate surface area is 260 Å². The number of esters is 1. The Balaban J connectivity index is 1.44. The third-order valence-corrected chi connectivity index (χ3v) is 8.37. The Morgan fingerprint density at radius 1 is 0.957 bits per heavy atom. The molecule has 2 aromatic heterocycles. The number of hydrogen-bond acceptors (Lipinski definition) is 8. The quantitative estimate of drug-likeness (QED) is 0.220. The van der Waals surface area contributed by atoms with Crippen molar-refractivity contribution in [2.75, 3.05) is 18.6 Å². The number of amides is 1. The van der Waals surface area contributed by atoms with Crippen molar-refractivity contribution in [3.8, 4) is 11.1 Å². The zero-order valence-electron chi connectivity index (χ0n) is 25.2. The van der Waals surface area contributed by atoms with Gasteiger partial charge in [0.05, 0.1) is 36.4 Å². The molecule has 1 saturated carbocycles. The molecular formula is C30H32F6N6O4. The molecule has 1 amide bonds. The lowest BCUT2D eigenvalue weighted by Gasteiger charge is -2.34. The minimum Gasteiger partial charge on any atom is -0.469 e. The van der Waals surface area contributed by atoms with Crippen molar-refractivity contribution < 1.29 is 45.4 Å². The van der Waals surface area contributed by atoms with Gasteiger partial charge in [0.25, 0.3) is 0 Å². The lowest BCUT2D eigenvalue weighted by atomic mass is 9.82. The highest BCUT2D eigenvalue weighted by Crippen LogP contribution is 2.38. The second-order valence-electron chi connectivity index (χ2n) is 11.5. The van der Waals surface area contributed by atoms with Gasteiger partial charge in [-0.05, 0) is 49.4 Å². The number of likely N-dealkylation sites (tertiary alicyclic amines) is 1. The summed E-state index contributed by atoms with van der Waals surface area (Å²) in [5, 5.41) is 4.11. The molecule has 1 aliphatic carbocycles. The minimum atomic E-state index is -5.02. The Hall–Kier alpha value is -4.37. The van der Waals surface area contributed by atoms with E-state index < -0.39 is 48.3 Å².